The Morgan fingerprint density at radius 1 is 1.20 bits per heavy atom. The molecule has 0 aliphatic heterocycles. The van der Waals surface area contributed by atoms with Crippen LogP contribution in [0.3, 0.4) is 0 Å². The van der Waals surface area contributed by atoms with E-state index in [9.17, 15) is 9.59 Å². The second kappa shape index (κ2) is 3.24. The van der Waals surface area contributed by atoms with Gasteiger partial charge in [-0.3, -0.25) is 9.59 Å². The van der Waals surface area contributed by atoms with Gasteiger partial charge >= 0.3 is 0 Å². The van der Waals surface area contributed by atoms with Crippen molar-refractivity contribution in [3.8, 4) is 0 Å². The summed E-state index contributed by atoms with van der Waals surface area (Å²) in [7, 11) is 0. The van der Waals surface area contributed by atoms with Crippen LogP contribution in [0, 0.1) is 6.92 Å². The van der Waals surface area contributed by atoms with E-state index >= 15 is 0 Å². The zero-order valence-corrected chi connectivity index (χ0v) is 8.20. The first kappa shape index (κ1) is 9.45. The van der Waals surface area contributed by atoms with Gasteiger partial charge in [-0.15, -0.1) is 0 Å². The van der Waals surface area contributed by atoms with Gasteiger partial charge in [0.25, 0.3) is 10.9 Å². The number of benzene rings is 1. The van der Waals surface area contributed by atoms with Gasteiger partial charge in [-0.1, -0.05) is 12.1 Å². The Labute approximate surface area is 86.0 Å². The standard InChI is InChI=1S/C11H10N2O2/c1-6-3-2-4-7(5-6)13-9-8(12)10(14)11(9)15/h2-5,13H,12H2,1H3. The fourth-order valence-electron chi connectivity index (χ4n) is 1.40. The van der Waals surface area contributed by atoms with Crippen LogP contribution in [0.5, 0.6) is 0 Å². The van der Waals surface area contributed by atoms with E-state index in [0.717, 1.165) is 11.3 Å². The molecule has 15 heavy (non-hydrogen) atoms. The molecular weight excluding hydrogens is 192 g/mol. The number of anilines is 3. The van der Waals surface area contributed by atoms with Gasteiger partial charge in [0.2, 0.25) is 0 Å². The fraction of sp³-hybridized carbons (Fsp3) is 0.0909. The lowest BCUT2D eigenvalue weighted by Crippen LogP contribution is -2.36. The Morgan fingerprint density at radius 3 is 2.53 bits per heavy atom. The summed E-state index contributed by atoms with van der Waals surface area (Å²) in [5, 5.41) is 2.83. The van der Waals surface area contributed by atoms with E-state index in [1.165, 1.54) is 0 Å². The molecule has 0 aromatic heterocycles. The Bertz CT molecular complexity index is 580. The average molecular weight is 202 g/mol. The number of nitrogen functional groups attached to an aromatic ring is 1. The minimum absolute atomic E-state index is 0.0153. The van der Waals surface area contributed by atoms with Crippen LogP contribution in [0.2, 0.25) is 0 Å². The third-order valence-corrected chi connectivity index (χ3v) is 2.23. The van der Waals surface area contributed by atoms with E-state index in [2.05, 4.69) is 5.32 Å². The topological polar surface area (TPSA) is 72.2 Å². The van der Waals surface area contributed by atoms with Crippen LogP contribution in [-0.4, -0.2) is 0 Å². The number of hydrogen-bond acceptors (Lipinski definition) is 4. The second-order valence-electron chi connectivity index (χ2n) is 3.44. The molecule has 0 aliphatic carbocycles. The maximum absolute atomic E-state index is 11.1. The molecule has 0 saturated carbocycles. The minimum Gasteiger partial charge on any atom is -0.394 e. The molecule has 0 radical (unpaired) electrons. The van der Waals surface area contributed by atoms with E-state index in [1.54, 1.807) is 0 Å². The zero-order chi connectivity index (χ0) is 11.0. The van der Waals surface area contributed by atoms with E-state index < -0.39 is 10.9 Å². The fourth-order valence-corrected chi connectivity index (χ4v) is 1.40. The predicted molar refractivity (Wildman–Crippen MR) is 60.2 cm³/mol. The van der Waals surface area contributed by atoms with Gasteiger partial charge in [-0.25, -0.2) is 0 Å². The van der Waals surface area contributed by atoms with Crippen LogP contribution in [-0.2, 0) is 0 Å². The van der Waals surface area contributed by atoms with Gasteiger partial charge in [-0.05, 0) is 24.6 Å². The lowest BCUT2D eigenvalue weighted by molar-refractivity contribution is 1.37. The normalized spacial score (nSPS) is 10.5. The number of nitrogens with two attached hydrogens (primary N) is 1. The molecule has 2 rings (SSSR count). The summed E-state index contributed by atoms with van der Waals surface area (Å²) in [5.74, 6) is 0. The molecule has 0 aliphatic rings. The lowest BCUT2D eigenvalue weighted by Gasteiger charge is -2.09. The highest BCUT2D eigenvalue weighted by Crippen LogP contribution is 2.18. The summed E-state index contributed by atoms with van der Waals surface area (Å²) >= 11 is 0. The SMILES string of the molecule is Cc1cccc(Nc2c(N)c(=O)c2=O)c1. The summed E-state index contributed by atoms with van der Waals surface area (Å²) in [4.78, 5) is 22.0. The molecule has 0 atom stereocenters. The molecule has 76 valence electrons. The van der Waals surface area contributed by atoms with Crippen molar-refractivity contribution in [1.82, 2.24) is 0 Å². The number of aryl methyl sites for hydroxylation is 1. The molecule has 2 aromatic carbocycles. The maximum Gasteiger partial charge on any atom is 0.253 e. The van der Waals surface area contributed by atoms with Crippen molar-refractivity contribution in [2.75, 3.05) is 11.1 Å². The first-order valence-corrected chi connectivity index (χ1v) is 4.52. The smallest absolute Gasteiger partial charge is 0.253 e. The molecule has 0 bridgehead atoms. The van der Waals surface area contributed by atoms with E-state index in [4.69, 9.17) is 5.73 Å². The van der Waals surface area contributed by atoms with Gasteiger partial charge in [0.1, 0.15) is 11.4 Å². The maximum atomic E-state index is 11.1. The highest BCUT2D eigenvalue weighted by Gasteiger charge is 2.17. The molecule has 0 heterocycles. The Balaban J connectivity index is 2.32. The zero-order valence-electron chi connectivity index (χ0n) is 8.20. The third-order valence-electron chi connectivity index (χ3n) is 2.23. The molecule has 0 fully saturated rings. The number of rotatable bonds is 2. The van der Waals surface area contributed by atoms with Gasteiger partial charge in [-0.2, -0.15) is 0 Å². The van der Waals surface area contributed by atoms with E-state index in [0.29, 0.717) is 0 Å². The van der Waals surface area contributed by atoms with Gasteiger partial charge < -0.3 is 11.1 Å². The summed E-state index contributed by atoms with van der Waals surface area (Å²) < 4.78 is 0. The van der Waals surface area contributed by atoms with E-state index in [1.807, 2.05) is 31.2 Å². The monoisotopic (exact) mass is 202 g/mol. The van der Waals surface area contributed by atoms with Gasteiger partial charge in [0, 0.05) is 5.69 Å². The van der Waals surface area contributed by atoms with Crippen LogP contribution < -0.4 is 21.9 Å². The summed E-state index contributed by atoms with van der Waals surface area (Å²) in [6.07, 6.45) is 0. The van der Waals surface area contributed by atoms with Gasteiger partial charge in [0.05, 0.1) is 0 Å². The lowest BCUT2D eigenvalue weighted by atomic mass is 10.1. The highest BCUT2D eigenvalue weighted by atomic mass is 16.2. The predicted octanol–water partition coefficient (Wildman–Crippen LogP) is 0.917. The average Bonchev–Trinajstić information content (AvgIpc) is 2.24. The van der Waals surface area contributed by atoms with Crippen LogP contribution in [0.4, 0.5) is 17.1 Å². The molecule has 4 nitrogen and oxygen atoms in total. The summed E-state index contributed by atoms with van der Waals surface area (Å²) in [5.41, 5.74) is 6.28. The minimum atomic E-state index is -0.606. The van der Waals surface area contributed by atoms with Crippen molar-refractivity contribution < 1.29 is 0 Å². The molecule has 0 spiro atoms. The molecule has 4 heteroatoms. The van der Waals surface area contributed by atoms with Crippen molar-refractivity contribution in [2.45, 2.75) is 6.92 Å². The second-order valence-corrected chi connectivity index (χ2v) is 3.44. The quantitative estimate of drug-likeness (QED) is 0.710. The van der Waals surface area contributed by atoms with Crippen molar-refractivity contribution in [3.05, 3.63) is 50.3 Å². The Morgan fingerprint density at radius 2 is 1.93 bits per heavy atom. The van der Waals surface area contributed by atoms with Crippen molar-refractivity contribution >= 4 is 17.1 Å². The van der Waals surface area contributed by atoms with Crippen LogP contribution in [0.1, 0.15) is 5.56 Å². The van der Waals surface area contributed by atoms with Gasteiger partial charge in [0.15, 0.2) is 0 Å². The van der Waals surface area contributed by atoms with Crippen molar-refractivity contribution in [2.24, 2.45) is 0 Å². The molecule has 0 amide bonds. The van der Waals surface area contributed by atoms with E-state index in [-0.39, 0.29) is 11.4 Å². The van der Waals surface area contributed by atoms with Crippen molar-refractivity contribution in [3.63, 3.8) is 0 Å². The van der Waals surface area contributed by atoms with Crippen LogP contribution in [0.25, 0.3) is 0 Å². The molecule has 2 aromatic rings. The first-order valence-electron chi connectivity index (χ1n) is 4.52. The largest absolute Gasteiger partial charge is 0.394 e. The highest BCUT2D eigenvalue weighted by molar-refractivity contribution is 5.76. The number of hydrogen-bond donors (Lipinski definition) is 2. The Kier molecular flexibility index (Phi) is 2.04. The Hall–Kier alpha value is -2.10. The summed E-state index contributed by atoms with van der Waals surface area (Å²) in [6.45, 7) is 1.94. The summed E-state index contributed by atoms with van der Waals surface area (Å²) in [6, 6.07) is 7.48. The molecule has 0 saturated heterocycles. The van der Waals surface area contributed by atoms with Crippen LogP contribution in [0.15, 0.2) is 33.9 Å². The first-order chi connectivity index (χ1) is 7.09. The van der Waals surface area contributed by atoms with Crippen LogP contribution >= 0.6 is 0 Å². The molecule has 0 unspecified atom stereocenters. The van der Waals surface area contributed by atoms with Crippen molar-refractivity contribution in [1.29, 1.82) is 0 Å². The molecule has 3 N–H and O–H groups in total. The number of nitrogens with one attached hydrogen (secondary N) is 1. The molecular formula is C11H10N2O2. The third kappa shape index (κ3) is 1.50.